The maximum Gasteiger partial charge on any atom is 0.257 e. The fourth-order valence-electron chi connectivity index (χ4n) is 2.02. The molecule has 2 aromatic carbocycles. The van der Waals surface area contributed by atoms with Gasteiger partial charge in [0.2, 0.25) is 0 Å². The largest absolute Gasteiger partial charge is 0.353 e. The molecule has 4 heteroatoms. The van der Waals surface area contributed by atoms with E-state index in [0.717, 1.165) is 27.1 Å². The molecule has 1 amide bonds. The Bertz CT molecular complexity index is 652. The van der Waals surface area contributed by atoms with Crippen molar-refractivity contribution in [1.29, 1.82) is 0 Å². The van der Waals surface area contributed by atoms with E-state index in [1.165, 1.54) is 0 Å². The molecule has 0 spiro atoms. The van der Waals surface area contributed by atoms with Crippen LogP contribution in [-0.4, -0.2) is 5.91 Å². The standard InChI is InChI=1S/C14H11BrN2O/c1-8-2-4-12-13(6-8)17-14(18)10-7-9(15)3-5-11(10)16-12/h2-7,16H,1H3,(H,17,18). The second-order valence-corrected chi connectivity index (χ2v) is 5.23. The molecule has 1 aliphatic rings. The summed E-state index contributed by atoms with van der Waals surface area (Å²) in [6, 6.07) is 11.6. The Kier molecular flexibility index (Phi) is 2.59. The Morgan fingerprint density at radius 2 is 1.72 bits per heavy atom. The van der Waals surface area contributed by atoms with E-state index in [1.54, 1.807) is 0 Å². The Hall–Kier alpha value is -1.81. The van der Waals surface area contributed by atoms with Crippen molar-refractivity contribution in [2.45, 2.75) is 6.92 Å². The van der Waals surface area contributed by atoms with Gasteiger partial charge in [-0.3, -0.25) is 4.79 Å². The van der Waals surface area contributed by atoms with Crippen molar-refractivity contribution in [1.82, 2.24) is 0 Å². The van der Waals surface area contributed by atoms with Gasteiger partial charge >= 0.3 is 0 Å². The van der Waals surface area contributed by atoms with E-state index in [9.17, 15) is 4.79 Å². The molecule has 1 aliphatic heterocycles. The number of amides is 1. The minimum Gasteiger partial charge on any atom is -0.353 e. The average molecular weight is 303 g/mol. The van der Waals surface area contributed by atoms with Gasteiger partial charge in [-0.25, -0.2) is 0 Å². The minimum atomic E-state index is -0.0943. The van der Waals surface area contributed by atoms with Crippen LogP contribution in [0.5, 0.6) is 0 Å². The summed E-state index contributed by atoms with van der Waals surface area (Å²) in [5.41, 5.74) is 4.29. The molecule has 2 aromatic rings. The van der Waals surface area contributed by atoms with Crippen molar-refractivity contribution in [2.75, 3.05) is 10.6 Å². The number of aryl methyl sites for hydroxylation is 1. The number of hydrogen-bond acceptors (Lipinski definition) is 2. The summed E-state index contributed by atoms with van der Waals surface area (Å²) >= 11 is 3.38. The van der Waals surface area contributed by atoms with Gasteiger partial charge in [-0.15, -0.1) is 0 Å². The van der Waals surface area contributed by atoms with Crippen LogP contribution >= 0.6 is 15.9 Å². The van der Waals surface area contributed by atoms with Crippen LogP contribution in [0.2, 0.25) is 0 Å². The maximum atomic E-state index is 12.2. The third-order valence-electron chi connectivity index (χ3n) is 2.92. The summed E-state index contributed by atoms with van der Waals surface area (Å²) in [4.78, 5) is 12.2. The summed E-state index contributed by atoms with van der Waals surface area (Å²) in [5, 5.41) is 6.21. The molecule has 0 fully saturated rings. The lowest BCUT2D eigenvalue weighted by Gasteiger charge is -2.08. The zero-order valence-corrected chi connectivity index (χ0v) is 11.3. The van der Waals surface area contributed by atoms with E-state index in [-0.39, 0.29) is 5.91 Å². The van der Waals surface area contributed by atoms with E-state index in [2.05, 4.69) is 26.6 Å². The minimum absolute atomic E-state index is 0.0943. The predicted octanol–water partition coefficient (Wildman–Crippen LogP) is 4.07. The van der Waals surface area contributed by atoms with E-state index < -0.39 is 0 Å². The van der Waals surface area contributed by atoms with Crippen molar-refractivity contribution in [3.05, 3.63) is 52.0 Å². The van der Waals surface area contributed by atoms with Crippen LogP contribution in [0.1, 0.15) is 15.9 Å². The van der Waals surface area contributed by atoms with Gasteiger partial charge < -0.3 is 10.6 Å². The number of benzene rings is 2. The van der Waals surface area contributed by atoms with Gasteiger partial charge in [-0.2, -0.15) is 0 Å². The zero-order chi connectivity index (χ0) is 12.7. The second kappa shape index (κ2) is 4.14. The van der Waals surface area contributed by atoms with Gasteiger partial charge in [0.25, 0.3) is 5.91 Å². The predicted molar refractivity (Wildman–Crippen MR) is 76.6 cm³/mol. The zero-order valence-electron chi connectivity index (χ0n) is 9.75. The molecule has 0 atom stereocenters. The fourth-order valence-corrected chi connectivity index (χ4v) is 2.38. The molecule has 0 saturated heterocycles. The molecule has 2 N–H and O–H groups in total. The molecule has 90 valence electrons. The number of carbonyl (C=O) groups is 1. The molecule has 0 radical (unpaired) electrons. The molecule has 0 aliphatic carbocycles. The summed E-state index contributed by atoms with van der Waals surface area (Å²) in [6.07, 6.45) is 0. The molecule has 0 aromatic heterocycles. The van der Waals surface area contributed by atoms with Crippen molar-refractivity contribution in [3.63, 3.8) is 0 Å². The topological polar surface area (TPSA) is 41.1 Å². The normalized spacial score (nSPS) is 12.9. The van der Waals surface area contributed by atoms with Crippen LogP contribution in [0.3, 0.4) is 0 Å². The molecule has 3 nitrogen and oxygen atoms in total. The van der Waals surface area contributed by atoms with E-state index in [1.807, 2.05) is 43.3 Å². The van der Waals surface area contributed by atoms with Crippen molar-refractivity contribution in [3.8, 4) is 0 Å². The number of halogens is 1. The number of carbonyl (C=O) groups excluding carboxylic acids is 1. The quantitative estimate of drug-likeness (QED) is 0.770. The Morgan fingerprint density at radius 3 is 2.56 bits per heavy atom. The molecule has 3 rings (SSSR count). The average Bonchev–Trinajstić information content (AvgIpc) is 2.46. The summed E-state index contributed by atoms with van der Waals surface area (Å²) < 4.78 is 0.889. The van der Waals surface area contributed by atoms with Crippen molar-refractivity contribution >= 4 is 38.9 Å². The summed E-state index contributed by atoms with van der Waals surface area (Å²) in [5.74, 6) is -0.0943. The highest BCUT2D eigenvalue weighted by molar-refractivity contribution is 9.10. The number of nitrogens with one attached hydrogen (secondary N) is 2. The highest BCUT2D eigenvalue weighted by Gasteiger charge is 2.18. The molecule has 1 heterocycles. The molecular weight excluding hydrogens is 292 g/mol. The first-order chi connectivity index (χ1) is 8.63. The number of rotatable bonds is 0. The number of hydrogen-bond donors (Lipinski definition) is 2. The molecular formula is C14H11BrN2O. The van der Waals surface area contributed by atoms with Crippen LogP contribution in [0.4, 0.5) is 17.1 Å². The van der Waals surface area contributed by atoms with E-state index >= 15 is 0 Å². The molecule has 18 heavy (non-hydrogen) atoms. The highest BCUT2D eigenvalue weighted by Crippen LogP contribution is 2.33. The lowest BCUT2D eigenvalue weighted by atomic mass is 10.1. The molecule has 0 bridgehead atoms. The van der Waals surface area contributed by atoms with Crippen LogP contribution in [0.25, 0.3) is 0 Å². The molecule has 0 unspecified atom stereocenters. The van der Waals surface area contributed by atoms with Gasteiger partial charge in [-0.1, -0.05) is 22.0 Å². The van der Waals surface area contributed by atoms with Gasteiger partial charge in [0.05, 0.1) is 22.6 Å². The Labute approximate surface area is 113 Å². The molecule has 0 saturated carbocycles. The van der Waals surface area contributed by atoms with E-state index in [4.69, 9.17) is 0 Å². The first-order valence-electron chi connectivity index (χ1n) is 5.62. The van der Waals surface area contributed by atoms with Crippen LogP contribution in [-0.2, 0) is 0 Å². The second-order valence-electron chi connectivity index (χ2n) is 4.32. The summed E-state index contributed by atoms with van der Waals surface area (Å²) in [7, 11) is 0. The Morgan fingerprint density at radius 1 is 0.944 bits per heavy atom. The monoisotopic (exact) mass is 302 g/mol. The fraction of sp³-hybridized carbons (Fsp3) is 0.0714. The van der Waals surface area contributed by atoms with Gasteiger partial charge in [0.15, 0.2) is 0 Å². The van der Waals surface area contributed by atoms with Gasteiger partial charge in [-0.05, 0) is 42.8 Å². The van der Waals surface area contributed by atoms with Gasteiger partial charge in [0.1, 0.15) is 0 Å². The number of fused-ring (bicyclic) bond motifs is 2. The van der Waals surface area contributed by atoms with Crippen LogP contribution in [0, 0.1) is 6.92 Å². The SMILES string of the molecule is Cc1ccc2c(c1)NC(=O)c1cc(Br)ccc1N2. The number of anilines is 3. The third kappa shape index (κ3) is 1.88. The maximum absolute atomic E-state index is 12.2. The lowest BCUT2D eigenvalue weighted by Crippen LogP contribution is -2.10. The third-order valence-corrected chi connectivity index (χ3v) is 3.41. The van der Waals surface area contributed by atoms with E-state index in [0.29, 0.717) is 5.56 Å². The van der Waals surface area contributed by atoms with Gasteiger partial charge in [0, 0.05) is 4.47 Å². The smallest absolute Gasteiger partial charge is 0.257 e. The Balaban J connectivity index is 2.16. The lowest BCUT2D eigenvalue weighted by molar-refractivity contribution is 0.102. The first-order valence-corrected chi connectivity index (χ1v) is 6.41. The highest BCUT2D eigenvalue weighted by atomic mass is 79.9. The summed E-state index contributed by atoms with van der Waals surface area (Å²) in [6.45, 7) is 2.00. The van der Waals surface area contributed by atoms with Crippen molar-refractivity contribution < 1.29 is 4.79 Å². The first kappa shape index (κ1) is 11.3. The van der Waals surface area contributed by atoms with Crippen LogP contribution < -0.4 is 10.6 Å². The van der Waals surface area contributed by atoms with Crippen molar-refractivity contribution in [2.24, 2.45) is 0 Å². The van der Waals surface area contributed by atoms with Crippen LogP contribution in [0.15, 0.2) is 40.9 Å².